The number of aliphatic imine (C=N–C) groups is 1. The number of halogens is 1. The normalized spacial score (nSPS) is 17.4. The summed E-state index contributed by atoms with van der Waals surface area (Å²) in [7, 11) is -3.61. The van der Waals surface area contributed by atoms with Gasteiger partial charge in [0.05, 0.1) is 4.90 Å². The van der Waals surface area contributed by atoms with E-state index in [4.69, 9.17) is 11.6 Å². The summed E-state index contributed by atoms with van der Waals surface area (Å²) in [5.41, 5.74) is 1.50. The monoisotopic (exact) mass is 391 g/mol. The van der Waals surface area contributed by atoms with Crippen molar-refractivity contribution in [1.82, 2.24) is 10.0 Å². The molecule has 0 saturated heterocycles. The minimum absolute atomic E-state index is 0.173. The number of amides is 1. The van der Waals surface area contributed by atoms with Crippen LogP contribution in [0.15, 0.2) is 58.4 Å². The van der Waals surface area contributed by atoms with Gasteiger partial charge in [-0.2, -0.15) is 0 Å². The molecule has 0 bridgehead atoms. The molecule has 1 aliphatic heterocycles. The Bertz CT molecular complexity index is 973. The Hall–Kier alpha value is -2.38. The molecule has 1 aliphatic rings. The molecule has 0 spiro atoms. The Labute approximate surface area is 157 Å². The lowest BCUT2D eigenvalue weighted by molar-refractivity contribution is -0.121. The first-order chi connectivity index (χ1) is 12.4. The van der Waals surface area contributed by atoms with E-state index in [1.165, 1.54) is 6.07 Å². The van der Waals surface area contributed by atoms with Crippen molar-refractivity contribution in [2.24, 2.45) is 4.99 Å². The fourth-order valence-electron chi connectivity index (χ4n) is 2.65. The van der Waals surface area contributed by atoms with E-state index in [1.807, 2.05) is 18.2 Å². The van der Waals surface area contributed by atoms with Crippen molar-refractivity contribution in [3.8, 4) is 0 Å². The van der Waals surface area contributed by atoms with Crippen LogP contribution in [-0.2, 0) is 21.2 Å². The van der Waals surface area contributed by atoms with E-state index in [0.717, 1.165) is 5.56 Å². The molecule has 2 aromatic rings. The first-order valence-electron chi connectivity index (χ1n) is 8.09. The van der Waals surface area contributed by atoms with Gasteiger partial charge in [-0.15, -0.1) is 0 Å². The molecule has 136 valence electrons. The molecule has 0 aromatic heterocycles. The van der Waals surface area contributed by atoms with E-state index in [1.54, 1.807) is 31.2 Å². The average Bonchev–Trinajstić information content (AvgIpc) is 2.86. The largest absolute Gasteiger partial charge is 0.354 e. The molecule has 1 atom stereocenters. The van der Waals surface area contributed by atoms with E-state index in [-0.39, 0.29) is 16.6 Å². The van der Waals surface area contributed by atoms with E-state index in [2.05, 4.69) is 15.0 Å². The third kappa shape index (κ3) is 4.05. The molecule has 0 aliphatic carbocycles. The lowest BCUT2D eigenvalue weighted by Gasteiger charge is -2.10. The van der Waals surface area contributed by atoms with Crippen LogP contribution in [0.1, 0.15) is 18.1 Å². The molecular weight excluding hydrogens is 374 g/mol. The molecule has 26 heavy (non-hydrogen) atoms. The van der Waals surface area contributed by atoms with E-state index in [9.17, 15) is 13.2 Å². The van der Waals surface area contributed by atoms with Crippen LogP contribution in [0.5, 0.6) is 0 Å². The maximum absolute atomic E-state index is 12.2. The Morgan fingerprint density at radius 2 is 2.00 bits per heavy atom. The fraction of sp³-hybridized carbons (Fsp3) is 0.222. The van der Waals surface area contributed by atoms with Crippen LogP contribution in [-0.4, -0.2) is 32.7 Å². The van der Waals surface area contributed by atoms with Crippen molar-refractivity contribution in [3.63, 3.8) is 0 Å². The number of benzene rings is 2. The molecule has 0 radical (unpaired) electrons. The Balaban J connectivity index is 1.64. The summed E-state index contributed by atoms with van der Waals surface area (Å²) in [6.07, 6.45) is 0.644. The number of sulfonamides is 1. The van der Waals surface area contributed by atoms with Crippen LogP contribution in [0, 0.1) is 0 Å². The summed E-state index contributed by atoms with van der Waals surface area (Å²) in [6, 6.07) is 13.3. The van der Waals surface area contributed by atoms with Crippen molar-refractivity contribution in [2.45, 2.75) is 24.3 Å². The van der Waals surface area contributed by atoms with Crippen LogP contribution < -0.4 is 10.0 Å². The van der Waals surface area contributed by atoms with Crippen molar-refractivity contribution < 1.29 is 13.2 Å². The minimum atomic E-state index is -3.61. The molecule has 0 unspecified atom stereocenters. The SMILES string of the molecule is C[C@@H](N=C1NS(=O)(=O)c2ccccc21)C(=O)NCCc1cccc(Cl)c1. The van der Waals surface area contributed by atoms with Gasteiger partial charge in [-0.3, -0.25) is 14.5 Å². The molecule has 2 aromatic carbocycles. The lowest BCUT2D eigenvalue weighted by Crippen LogP contribution is -2.35. The summed E-state index contributed by atoms with van der Waals surface area (Å²) in [5.74, 6) is -0.0822. The number of hydrogen-bond acceptors (Lipinski definition) is 4. The molecule has 2 N–H and O–H groups in total. The van der Waals surface area contributed by atoms with Crippen molar-refractivity contribution in [3.05, 3.63) is 64.7 Å². The van der Waals surface area contributed by atoms with Crippen molar-refractivity contribution in [1.29, 1.82) is 0 Å². The summed E-state index contributed by atoms with van der Waals surface area (Å²) < 4.78 is 26.5. The number of nitrogens with zero attached hydrogens (tertiary/aromatic N) is 1. The standard InChI is InChI=1S/C18H18ClN3O3S/c1-12(18(23)20-10-9-13-5-4-6-14(19)11-13)21-17-15-7-2-3-8-16(15)26(24,25)22-17/h2-8,11-12H,9-10H2,1H3,(H,20,23)(H,21,22)/t12-/m1/s1. The van der Waals surface area contributed by atoms with Gasteiger partial charge in [0.15, 0.2) is 0 Å². The molecule has 0 saturated carbocycles. The summed E-state index contributed by atoms with van der Waals surface area (Å²) >= 11 is 5.94. The maximum atomic E-state index is 12.2. The van der Waals surface area contributed by atoms with Crippen LogP contribution in [0.3, 0.4) is 0 Å². The lowest BCUT2D eigenvalue weighted by atomic mass is 10.1. The zero-order chi connectivity index (χ0) is 18.7. The molecule has 1 heterocycles. The highest BCUT2D eigenvalue weighted by atomic mass is 35.5. The molecule has 0 fully saturated rings. The summed E-state index contributed by atoms with van der Waals surface area (Å²) in [6.45, 7) is 2.06. The second-order valence-electron chi connectivity index (χ2n) is 5.93. The molecule has 3 rings (SSSR count). The van der Waals surface area contributed by atoms with Crippen molar-refractivity contribution in [2.75, 3.05) is 6.54 Å². The Morgan fingerprint density at radius 1 is 1.23 bits per heavy atom. The van der Waals surface area contributed by atoms with Gasteiger partial charge in [0.2, 0.25) is 5.91 Å². The highest BCUT2D eigenvalue weighted by Gasteiger charge is 2.31. The molecule has 8 heteroatoms. The predicted octanol–water partition coefficient (Wildman–Crippen LogP) is 2.13. The van der Waals surface area contributed by atoms with Gasteiger partial charge >= 0.3 is 0 Å². The third-order valence-corrected chi connectivity index (χ3v) is 5.60. The second kappa shape index (κ2) is 7.47. The van der Waals surface area contributed by atoms with Crippen LogP contribution in [0.2, 0.25) is 5.02 Å². The number of fused-ring (bicyclic) bond motifs is 1. The van der Waals surface area contributed by atoms with E-state index < -0.39 is 16.1 Å². The highest BCUT2D eigenvalue weighted by molar-refractivity contribution is 7.90. The number of nitrogens with one attached hydrogen (secondary N) is 2. The molecule has 1 amide bonds. The first kappa shape index (κ1) is 18.4. The number of amidine groups is 1. The van der Waals surface area contributed by atoms with Crippen LogP contribution in [0.4, 0.5) is 0 Å². The zero-order valence-corrected chi connectivity index (χ0v) is 15.6. The number of carbonyl (C=O) groups excluding carboxylic acids is 1. The van der Waals surface area contributed by atoms with E-state index in [0.29, 0.717) is 23.6 Å². The number of rotatable bonds is 5. The summed E-state index contributed by atoms with van der Waals surface area (Å²) in [4.78, 5) is 16.7. The maximum Gasteiger partial charge on any atom is 0.263 e. The van der Waals surface area contributed by atoms with Gasteiger partial charge in [0.1, 0.15) is 11.9 Å². The summed E-state index contributed by atoms with van der Waals surface area (Å²) in [5, 5.41) is 3.46. The minimum Gasteiger partial charge on any atom is -0.354 e. The zero-order valence-electron chi connectivity index (χ0n) is 14.1. The third-order valence-electron chi connectivity index (χ3n) is 3.97. The topological polar surface area (TPSA) is 87.6 Å². The van der Waals surface area contributed by atoms with Gasteiger partial charge in [0.25, 0.3) is 10.0 Å². The first-order valence-corrected chi connectivity index (χ1v) is 9.95. The van der Waals surface area contributed by atoms with Gasteiger partial charge in [-0.25, -0.2) is 8.42 Å². The van der Waals surface area contributed by atoms with Gasteiger partial charge < -0.3 is 5.32 Å². The second-order valence-corrected chi connectivity index (χ2v) is 8.01. The molecule has 6 nitrogen and oxygen atoms in total. The molecular formula is C18H18ClN3O3S. The van der Waals surface area contributed by atoms with Crippen LogP contribution >= 0.6 is 11.6 Å². The Morgan fingerprint density at radius 3 is 2.77 bits per heavy atom. The predicted molar refractivity (Wildman–Crippen MR) is 101 cm³/mol. The average molecular weight is 392 g/mol. The van der Waals surface area contributed by atoms with Gasteiger partial charge in [0, 0.05) is 17.1 Å². The van der Waals surface area contributed by atoms with E-state index >= 15 is 0 Å². The van der Waals surface area contributed by atoms with Crippen molar-refractivity contribution >= 4 is 33.4 Å². The van der Waals surface area contributed by atoms with Crippen LogP contribution in [0.25, 0.3) is 0 Å². The van der Waals surface area contributed by atoms with Gasteiger partial charge in [-0.1, -0.05) is 35.9 Å². The number of carbonyl (C=O) groups is 1. The quantitative estimate of drug-likeness (QED) is 0.818. The fourth-order valence-corrected chi connectivity index (χ4v) is 4.10. The van der Waals surface area contributed by atoms with Gasteiger partial charge in [-0.05, 0) is 43.2 Å². The highest BCUT2D eigenvalue weighted by Crippen LogP contribution is 2.22. The smallest absolute Gasteiger partial charge is 0.263 e. The number of hydrogen-bond donors (Lipinski definition) is 2. The Kier molecular flexibility index (Phi) is 5.29.